The molecule has 0 amide bonds. The molecule has 4 rings (SSSR count). The molecule has 0 spiro atoms. The van der Waals surface area contributed by atoms with Crippen molar-refractivity contribution in [1.82, 2.24) is 3.97 Å². The smallest absolute Gasteiger partial charge is 0.269 e. The second kappa shape index (κ2) is 9.35. The fourth-order valence-corrected chi connectivity index (χ4v) is 5.94. The molecule has 1 aliphatic heterocycles. The summed E-state index contributed by atoms with van der Waals surface area (Å²) < 4.78 is 29.3. The van der Waals surface area contributed by atoms with Crippen LogP contribution in [0.5, 0.6) is 0 Å². The fraction of sp³-hybridized carbons (Fsp3) is 0.440. The Balaban J connectivity index is 1.91. The lowest BCUT2D eigenvalue weighted by molar-refractivity contribution is 0.578. The quantitative estimate of drug-likeness (QED) is 0.452. The van der Waals surface area contributed by atoms with E-state index in [0.717, 1.165) is 73.9 Å². The van der Waals surface area contributed by atoms with E-state index in [0.29, 0.717) is 10.7 Å². The predicted octanol–water partition coefficient (Wildman–Crippen LogP) is 5.78. The third-order valence-electron chi connectivity index (χ3n) is 6.11. The lowest BCUT2D eigenvalue weighted by atomic mass is 10.1. The minimum atomic E-state index is -3.75. The minimum absolute atomic E-state index is 0.320. The summed E-state index contributed by atoms with van der Waals surface area (Å²) >= 11 is 0. The Labute approximate surface area is 186 Å². The average molecular weight is 440 g/mol. The van der Waals surface area contributed by atoms with Crippen molar-refractivity contribution in [2.24, 2.45) is 0 Å². The number of para-hydroxylation sites is 1. The van der Waals surface area contributed by atoms with Crippen LogP contribution in [0.25, 0.3) is 10.9 Å². The number of aryl methyl sites for hydroxylation is 1. The molecule has 2 aromatic carbocycles. The number of fused-ring (bicyclic) bond motifs is 1. The largest absolute Gasteiger partial charge is 0.369 e. The maximum absolute atomic E-state index is 13.9. The van der Waals surface area contributed by atoms with Gasteiger partial charge in [-0.25, -0.2) is 12.4 Å². The Hall–Kier alpha value is -2.47. The van der Waals surface area contributed by atoms with Gasteiger partial charge >= 0.3 is 0 Å². The van der Waals surface area contributed by atoms with Crippen molar-refractivity contribution >= 4 is 32.4 Å². The molecule has 2 heterocycles. The van der Waals surface area contributed by atoms with E-state index in [2.05, 4.69) is 23.2 Å². The molecular weight excluding hydrogens is 406 g/mol. The van der Waals surface area contributed by atoms with Gasteiger partial charge in [-0.15, -0.1) is 0 Å². The lowest BCUT2D eigenvalue weighted by Gasteiger charge is -2.30. The third-order valence-corrected chi connectivity index (χ3v) is 7.84. The van der Waals surface area contributed by atoms with Gasteiger partial charge in [-0.1, -0.05) is 55.7 Å². The molecule has 0 aliphatic carbocycles. The van der Waals surface area contributed by atoms with Crippen LogP contribution in [0.1, 0.15) is 51.0 Å². The van der Waals surface area contributed by atoms with Gasteiger partial charge in [0.05, 0.1) is 16.1 Å². The van der Waals surface area contributed by atoms with Gasteiger partial charge < -0.3 is 10.2 Å². The fourth-order valence-electron chi connectivity index (χ4n) is 4.44. The van der Waals surface area contributed by atoms with Crippen molar-refractivity contribution in [3.63, 3.8) is 0 Å². The SMILES string of the molecule is CCCCCNc1c(N2CCCCC2)c2ccccc2n1S(=O)(=O)c1ccc(C)cc1. The number of benzene rings is 2. The second-order valence-electron chi connectivity index (χ2n) is 8.48. The molecule has 1 aliphatic rings. The molecule has 0 bridgehead atoms. The molecule has 1 fully saturated rings. The van der Waals surface area contributed by atoms with Crippen LogP contribution >= 0.6 is 0 Å². The molecule has 5 nitrogen and oxygen atoms in total. The number of piperidine rings is 1. The number of nitrogens with one attached hydrogen (secondary N) is 1. The van der Waals surface area contributed by atoms with E-state index < -0.39 is 10.0 Å². The molecule has 0 unspecified atom stereocenters. The molecule has 0 atom stereocenters. The zero-order chi connectivity index (χ0) is 21.8. The lowest BCUT2D eigenvalue weighted by Crippen LogP contribution is -2.30. The van der Waals surface area contributed by atoms with Crippen LogP contribution in [-0.4, -0.2) is 32.0 Å². The first-order valence-electron chi connectivity index (χ1n) is 11.5. The van der Waals surface area contributed by atoms with Gasteiger partial charge in [0.25, 0.3) is 10.0 Å². The summed E-state index contributed by atoms with van der Waals surface area (Å²) in [7, 11) is -3.75. The van der Waals surface area contributed by atoms with Gasteiger partial charge in [-0.3, -0.25) is 0 Å². The van der Waals surface area contributed by atoms with E-state index in [4.69, 9.17) is 0 Å². The zero-order valence-electron chi connectivity index (χ0n) is 18.6. The molecule has 1 saturated heterocycles. The number of hydrogen-bond acceptors (Lipinski definition) is 4. The highest BCUT2D eigenvalue weighted by atomic mass is 32.2. The summed E-state index contributed by atoms with van der Waals surface area (Å²) in [6.07, 6.45) is 6.78. The minimum Gasteiger partial charge on any atom is -0.369 e. The third kappa shape index (κ3) is 4.31. The van der Waals surface area contributed by atoms with Crippen molar-refractivity contribution in [3.05, 3.63) is 54.1 Å². The molecule has 31 heavy (non-hydrogen) atoms. The van der Waals surface area contributed by atoms with Crippen molar-refractivity contribution in [2.75, 3.05) is 29.9 Å². The Kier molecular flexibility index (Phi) is 6.56. The number of unbranched alkanes of at least 4 members (excludes halogenated alkanes) is 2. The van der Waals surface area contributed by atoms with Crippen LogP contribution < -0.4 is 10.2 Å². The highest BCUT2D eigenvalue weighted by Crippen LogP contribution is 2.41. The number of rotatable bonds is 8. The molecule has 0 saturated carbocycles. The topological polar surface area (TPSA) is 54.3 Å². The molecule has 0 radical (unpaired) electrons. The first-order chi connectivity index (χ1) is 15.0. The molecule has 166 valence electrons. The molecular formula is C25H33N3O2S. The Morgan fingerprint density at radius 1 is 0.935 bits per heavy atom. The van der Waals surface area contributed by atoms with Crippen LogP contribution in [0.2, 0.25) is 0 Å². The second-order valence-corrected chi connectivity index (χ2v) is 10.3. The summed E-state index contributed by atoms with van der Waals surface area (Å²) in [4.78, 5) is 2.69. The van der Waals surface area contributed by atoms with Gasteiger partial charge in [0.15, 0.2) is 0 Å². The van der Waals surface area contributed by atoms with E-state index in [1.807, 2.05) is 37.3 Å². The van der Waals surface area contributed by atoms with Crippen molar-refractivity contribution < 1.29 is 8.42 Å². The summed E-state index contributed by atoms with van der Waals surface area (Å²) in [6, 6.07) is 15.0. The van der Waals surface area contributed by atoms with E-state index in [1.165, 1.54) is 6.42 Å². The Morgan fingerprint density at radius 3 is 2.35 bits per heavy atom. The zero-order valence-corrected chi connectivity index (χ0v) is 19.4. The van der Waals surface area contributed by atoms with Crippen LogP contribution in [0.15, 0.2) is 53.4 Å². The van der Waals surface area contributed by atoms with Crippen molar-refractivity contribution in [1.29, 1.82) is 0 Å². The van der Waals surface area contributed by atoms with Gasteiger partial charge in [0.1, 0.15) is 5.82 Å². The van der Waals surface area contributed by atoms with E-state index >= 15 is 0 Å². The van der Waals surface area contributed by atoms with E-state index in [9.17, 15) is 8.42 Å². The summed E-state index contributed by atoms with van der Waals surface area (Å²) in [5, 5.41) is 4.53. The summed E-state index contributed by atoms with van der Waals surface area (Å²) in [5.74, 6) is 0.708. The number of nitrogens with zero attached hydrogens (tertiary/aromatic N) is 2. The van der Waals surface area contributed by atoms with Gasteiger partial charge in [-0.05, 0) is 50.8 Å². The molecule has 6 heteroatoms. The van der Waals surface area contributed by atoms with Crippen LogP contribution in [-0.2, 0) is 10.0 Å². The van der Waals surface area contributed by atoms with Gasteiger partial charge in [0, 0.05) is 25.0 Å². The highest BCUT2D eigenvalue weighted by Gasteiger charge is 2.29. The molecule has 3 aromatic rings. The maximum Gasteiger partial charge on any atom is 0.269 e. The van der Waals surface area contributed by atoms with Crippen LogP contribution in [0, 0.1) is 6.92 Å². The first-order valence-corrected chi connectivity index (χ1v) is 12.9. The Morgan fingerprint density at radius 2 is 1.65 bits per heavy atom. The van der Waals surface area contributed by atoms with Gasteiger partial charge in [-0.2, -0.15) is 0 Å². The summed E-state index contributed by atoms with van der Waals surface area (Å²) in [6.45, 7) is 6.83. The number of anilines is 2. The monoisotopic (exact) mass is 439 g/mol. The van der Waals surface area contributed by atoms with E-state index in [1.54, 1.807) is 16.1 Å². The maximum atomic E-state index is 13.9. The predicted molar refractivity (Wildman–Crippen MR) is 130 cm³/mol. The normalized spacial score (nSPS) is 14.8. The Bertz CT molecular complexity index is 1130. The van der Waals surface area contributed by atoms with Crippen molar-refractivity contribution in [2.45, 2.75) is 57.3 Å². The molecule has 1 aromatic heterocycles. The van der Waals surface area contributed by atoms with E-state index in [-0.39, 0.29) is 0 Å². The number of hydrogen-bond donors (Lipinski definition) is 1. The standard InChI is InChI=1S/C25H33N3O2S/c1-3-4-8-17-26-25-24(27-18-9-5-10-19-27)22-11-6-7-12-23(22)28(25)31(29,30)21-15-13-20(2)14-16-21/h6-7,11-16,26H,3-5,8-10,17-19H2,1-2H3. The van der Waals surface area contributed by atoms with Crippen LogP contribution in [0.3, 0.4) is 0 Å². The average Bonchev–Trinajstić information content (AvgIpc) is 3.12. The highest BCUT2D eigenvalue weighted by molar-refractivity contribution is 7.90. The van der Waals surface area contributed by atoms with Crippen molar-refractivity contribution in [3.8, 4) is 0 Å². The van der Waals surface area contributed by atoms with Crippen LogP contribution in [0.4, 0.5) is 11.5 Å². The van der Waals surface area contributed by atoms with Gasteiger partial charge in [0.2, 0.25) is 0 Å². The summed E-state index contributed by atoms with van der Waals surface area (Å²) in [5.41, 5.74) is 2.81. The number of aromatic nitrogens is 1. The molecule has 1 N–H and O–H groups in total. The first kappa shape index (κ1) is 21.8.